The van der Waals surface area contributed by atoms with Crippen LogP contribution in [-0.4, -0.2) is 44.9 Å². The van der Waals surface area contributed by atoms with E-state index in [9.17, 15) is 9.18 Å². The number of carbonyl (C=O) groups is 1. The molecule has 0 radical (unpaired) electrons. The summed E-state index contributed by atoms with van der Waals surface area (Å²) < 4.78 is 14.8. The largest absolute Gasteiger partial charge is 0.333 e. The van der Waals surface area contributed by atoms with Crippen LogP contribution in [0.5, 0.6) is 0 Å². The molecular formula is C16H20FN5O. The molecule has 3 rings (SSSR count). The summed E-state index contributed by atoms with van der Waals surface area (Å²) >= 11 is 0. The Morgan fingerprint density at radius 2 is 2.26 bits per heavy atom. The molecular weight excluding hydrogens is 297 g/mol. The van der Waals surface area contributed by atoms with Gasteiger partial charge < -0.3 is 10.6 Å². The van der Waals surface area contributed by atoms with E-state index < -0.39 is 0 Å². The van der Waals surface area contributed by atoms with Crippen molar-refractivity contribution >= 4 is 5.91 Å². The summed E-state index contributed by atoms with van der Waals surface area (Å²) in [5.41, 5.74) is 6.84. The number of rotatable bonds is 4. The van der Waals surface area contributed by atoms with Gasteiger partial charge in [-0.15, -0.1) is 5.10 Å². The highest BCUT2D eigenvalue weighted by Crippen LogP contribution is 2.18. The average Bonchev–Trinajstić information content (AvgIpc) is 3.02. The number of nitrogens with zero attached hydrogens (tertiary/aromatic N) is 4. The summed E-state index contributed by atoms with van der Waals surface area (Å²) in [6.45, 7) is 1.54. The SMILES string of the molecule is NCC1CCCCN1C(=O)c1cn(Cc2cccc(F)c2)nn1. The molecule has 2 heterocycles. The fraction of sp³-hybridized carbons (Fsp3) is 0.438. The van der Waals surface area contributed by atoms with Crippen molar-refractivity contribution < 1.29 is 9.18 Å². The van der Waals surface area contributed by atoms with Gasteiger partial charge in [0.1, 0.15) is 5.82 Å². The van der Waals surface area contributed by atoms with Crippen molar-refractivity contribution in [3.05, 3.63) is 47.5 Å². The van der Waals surface area contributed by atoms with Crippen molar-refractivity contribution in [1.82, 2.24) is 19.9 Å². The molecule has 0 saturated carbocycles. The molecule has 1 atom stereocenters. The topological polar surface area (TPSA) is 77.0 Å². The molecule has 0 bridgehead atoms. The molecule has 1 unspecified atom stereocenters. The van der Waals surface area contributed by atoms with E-state index in [-0.39, 0.29) is 17.8 Å². The number of hydrogen-bond acceptors (Lipinski definition) is 4. The van der Waals surface area contributed by atoms with E-state index in [0.717, 1.165) is 24.8 Å². The second kappa shape index (κ2) is 6.87. The molecule has 1 aromatic carbocycles. The van der Waals surface area contributed by atoms with Gasteiger partial charge >= 0.3 is 0 Å². The Balaban J connectivity index is 1.72. The van der Waals surface area contributed by atoms with Crippen molar-refractivity contribution in [2.24, 2.45) is 5.73 Å². The van der Waals surface area contributed by atoms with Crippen LogP contribution in [0.2, 0.25) is 0 Å². The Labute approximate surface area is 134 Å². The van der Waals surface area contributed by atoms with Crippen molar-refractivity contribution in [1.29, 1.82) is 0 Å². The summed E-state index contributed by atoms with van der Waals surface area (Å²) in [5.74, 6) is -0.427. The van der Waals surface area contributed by atoms with Gasteiger partial charge in [-0.25, -0.2) is 9.07 Å². The second-order valence-electron chi connectivity index (χ2n) is 5.82. The van der Waals surface area contributed by atoms with Gasteiger partial charge in [0.05, 0.1) is 12.7 Å². The molecule has 1 amide bonds. The van der Waals surface area contributed by atoms with Gasteiger partial charge in [0.25, 0.3) is 5.91 Å². The lowest BCUT2D eigenvalue weighted by atomic mass is 10.0. The minimum atomic E-state index is -0.294. The van der Waals surface area contributed by atoms with Gasteiger partial charge in [0.2, 0.25) is 0 Å². The van der Waals surface area contributed by atoms with Gasteiger partial charge in [0, 0.05) is 19.1 Å². The van der Waals surface area contributed by atoms with Crippen LogP contribution in [0.15, 0.2) is 30.5 Å². The smallest absolute Gasteiger partial charge is 0.276 e. The van der Waals surface area contributed by atoms with Crippen molar-refractivity contribution in [2.45, 2.75) is 31.8 Å². The summed E-state index contributed by atoms with van der Waals surface area (Å²) in [5, 5.41) is 7.94. The van der Waals surface area contributed by atoms with Crippen LogP contribution >= 0.6 is 0 Å². The molecule has 122 valence electrons. The number of likely N-dealkylation sites (tertiary alicyclic amines) is 1. The van der Waals surface area contributed by atoms with E-state index in [1.165, 1.54) is 12.1 Å². The maximum Gasteiger partial charge on any atom is 0.276 e. The molecule has 2 N–H and O–H groups in total. The zero-order valence-electron chi connectivity index (χ0n) is 12.9. The Hall–Kier alpha value is -2.28. The van der Waals surface area contributed by atoms with Gasteiger partial charge in [-0.1, -0.05) is 17.3 Å². The number of nitrogens with two attached hydrogens (primary N) is 1. The molecule has 0 spiro atoms. The highest BCUT2D eigenvalue weighted by molar-refractivity contribution is 5.92. The summed E-state index contributed by atoms with van der Waals surface area (Å²) in [6.07, 6.45) is 4.62. The maximum atomic E-state index is 13.2. The van der Waals surface area contributed by atoms with Crippen LogP contribution < -0.4 is 5.73 Å². The summed E-state index contributed by atoms with van der Waals surface area (Å²) in [6, 6.07) is 6.36. The molecule has 23 heavy (non-hydrogen) atoms. The van der Waals surface area contributed by atoms with Gasteiger partial charge in [-0.2, -0.15) is 0 Å². The Morgan fingerprint density at radius 1 is 1.39 bits per heavy atom. The van der Waals surface area contributed by atoms with Crippen molar-refractivity contribution in [3.63, 3.8) is 0 Å². The van der Waals surface area contributed by atoms with Crippen LogP contribution in [0, 0.1) is 5.82 Å². The number of carbonyl (C=O) groups excluding carboxylic acids is 1. The van der Waals surface area contributed by atoms with Crippen LogP contribution in [0.4, 0.5) is 4.39 Å². The van der Waals surface area contributed by atoms with Crippen LogP contribution in [0.3, 0.4) is 0 Å². The minimum Gasteiger partial charge on any atom is -0.333 e. The zero-order valence-corrected chi connectivity index (χ0v) is 12.9. The molecule has 1 aliphatic heterocycles. The van der Waals surface area contributed by atoms with E-state index in [1.54, 1.807) is 27.9 Å². The molecule has 1 fully saturated rings. The number of aromatic nitrogens is 3. The molecule has 0 aliphatic carbocycles. The first-order chi connectivity index (χ1) is 11.2. The van der Waals surface area contributed by atoms with Crippen LogP contribution in [-0.2, 0) is 6.54 Å². The van der Waals surface area contributed by atoms with E-state index in [1.807, 2.05) is 0 Å². The van der Waals surface area contributed by atoms with Gasteiger partial charge in [-0.05, 0) is 37.0 Å². The fourth-order valence-corrected chi connectivity index (χ4v) is 2.96. The number of hydrogen-bond donors (Lipinski definition) is 1. The Morgan fingerprint density at radius 3 is 3.04 bits per heavy atom. The quantitative estimate of drug-likeness (QED) is 0.925. The normalized spacial score (nSPS) is 18.2. The van der Waals surface area contributed by atoms with Gasteiger partial charge in [0.15, 0.2) is 5.69 Å². The number of piperidine rings is 1. The molecule has 2 aromatic rings. The van der Waals surface area contributed by atoms with E-state index in [0.29, 0.717) is 25.3 Å². The predicted molar refractivity (Wildman–Crippen MR) is 83.3 cm³/mol. The van der Waals surface area contributed by atoms with Gasteiger partial charge in [-0.3, -0.25) is 4.79 Å². The van der Waals surface area contributed by atoms with E-state index in [2.05, 4.69) is 10.3 Å². The average molecular weight is 317 g/mol. The van der Waals surface area contributed by atoms with Crippen LogP contribution in [0.1, 0.15) is 35.3 Å². The summed E-state index contributed by atoms with van der Waals surface area (Å²) in [4.78, 5) is 14.4. The lowest BCUT2D eigenvalue weighted by Crippen LogP contribution is -2.47. The molecule has 1 aromatic heterocycles. The molecule has 6 nitrogen and oxygen atoms in total. The van der Waals surface area contributed by atoms with E-state index in [4.69, 9.17) is 5.73 Å². The number of benzene rings is 1. The first-order valence-corrected chi connectivity index (χ1v) is 7.83. The first kappa shape index (κ1) is 15.6. The number of amides is 1. The monoisotopic (exact) mass is 317 g/mol. The fourth-order valence-electron chi connectivity index (χ4n) is 2.96. The Kier molecular flexibility index (Phi) is 4.66. The standard InChI is InChI=1S/C16H20FN5O/c17-13-5-3-4-12(8-13)10-21-11-15(19-20-21)16(23)22-7-2-1-6-14(22)9-18/h3-5,8,11,14H,1-2,6-7,9-10,18H2. The molecule has 1 aliphatic rings. The summed E-state index contributed by atoms with van der Waals surface area (Å²) in [7, 11) is 0. The maximum absolute atomic E-state index is 13.2. The second-order valence-corrected chi connectivity index (χ2v) is 5.82. The molecule has 1 saturated heterocycles. The highest BCUT2D eigenvalue weighted by atomic mass is 19.1. The molecule has 7 heteroatoms. The van der Waals surface area contributed by atoms with E-state index >= 15 is 0 Å². The minimum absolute atomic E-state index is 0.0737. The third kappa shape index (κ3) is 3.56. The highest BCUT2D eigenvalue weighted by Gasteiger charge is 2.28. The number of halogens is 1. The predicted octanol–water partition coefficient (Wildman–Crippen LogP) is 1.42. The Bertz CT molecular complexity index is 687. The zero-order chi connectivity index (χ0) is 16.2. The third-order valence-corrected chi connectivity index (χ3v) is 4.15. The lowest BCUT2D eigenvalue weighted by Gasteiger charge is -2.34. The first-order valence-electron chi connectivity index (χ1n) is 7.83. The third-order valence-electron chi connectivity index (χ3n) is 4.15. The van der Waals surface area contributed by atoms with Crippen LogP contribution in [0.25, 0.3) is 0 Å². The lowest BCUT2D eigenvalue weighted by molar-refractivity contribution is 0.0617. The van der Waals surface area contributed by atoms with Crippen molar-refractivity contribution in [2.75, 3.05) is 13.1 Å². The van der Waals surface area contributed by atoms with Crippen molar-refractivity contribution in [3.8, 4) is 0 Å².